The third-order valence-electron chi connectivity index (χ3n) is 1.55. The zero-order chi connectivity index (χ0) is 6.69. The quantitative estimate of drug-likeness (QED) is 0.506. The van der Waals surface area contributed by atoms with E-state index < -0.39 is 0 Å². The Balaban J connectivity index is 2.58. The molecule has 1 aliphatic rings. The molecule has 1 aliphatic heterocycles. The maximum atomic E-state index is 4.19. The van der Waals surface area contributed by atoms with E-state index in [0.29, 0.717) is 5.92 Å². The summed E-state index contributed by atoms with van der Waals surface area (Å²) in [5.41, 5.74) is 1.39. The molecular formula is C8H13N. The molecular weight excluding hydrogens is 110 g/mol. The van der Waals surface area contributed by atoms with Crippen molar-refractivity contribution in [3.05, 3.63) is 11.6 Å². The first-order chi connectivity index (χ1) is 4.30. The highest BCUT2D eigenvalue weighted by molar-refractivity contribution is 5.79. The van der Waals surface area contributed by atoms with E-state index >= 15 is 0 Å². The van der Waals surface area contributed by atoms with Gasteiger partial charge in [0.25, 0.3) is 0 Å². The highest BCUT2D eigenvalue weighted by Gasteiger charge is 2.01. The van der Waals surface area contributed by atoms with Crippen LogP contribution in [0.1, 0.15) is 20.3 Å². The van der Waals surface area contributed by atoms with E-state index in [-0.39, 0.29) is 0 Å². The van der Waals surface area contributed by atoms with Crippen molar-refractivity contribution in [2.24, 2.45) is 10.9 Å². The lowest BCUT2D eigenvalue weighted by atomic mass is 10.0. The summed E-state index contributed by atoms with van der Waals surface area (Å²) in [5.74, 6) is 0.647. The molecule has 50 valence electrons. The summed E-state index contributed by atoms with van der Waals surface area (Å²) >= 11 is 0. The van der Waals surface area contributed by atoms with Gasteiger partial charge in [0, 0.05) is 12.8 Å². The molecule has 0 unspecified atom stereocenters. The van der Waals surface area contributed by atoms with E-state index in [1.54, 1.807) is 0 Å². The summed E-state index contributed by atoms with van der Waals surface area (Å²) in [5, 5.41) is 0. The molecule has 1 nitrogen and oxygen atoms in total. The van der Waals surface area contributed by atoms with Crippen LogP contribution in [-0.4, -0.2) is 12.8 Å². The summed E-state index contributed by atoms with van der Waals surface area (Å²) in [6, 6.07) is 0. The van der Waals surface area contributed by atoms with E-state index in [1.165, 1.54) is 5.57 Å². The molecule has 0 amide bonds. The average molecular weight is 123 g/mol. The lowest BCUT2D eigenvalue weighted by molar-refractivity contribution is 0.788. The molecule has 0 saturated heterocycles. The maximum absolute atomic E-state index is 4.19. The molecule has 1 heterocycles. The lowest BCUT2D eigenvalue weighted by Crippen LogP contribution is -2.00. The van der Waals surface area contributed by atoms with E-state index in [0.717, 1.165) is 13.0 Å². The smallest absolute Gasteiger partial charge is 0.0424 e. The van der Waals surface area contributed by atoms with Crippen LogP contribution in [0.5, 0.6) is 0 Å². The van der Waals surface area contributed by atoms with Crippen LogP contribution in [0.2, 0.25) is 0 Å². The number of rotatable bonds is 1. The molecule has 0 N–H and O–H groups in total. The number of nitrogens with zero attached hydrogens (tertiary/aromatic N) is 1. The van der Waals surface area contributed by atoms with Gasteiger partial charge in [0.2, 0.25) is 0 Å². The predicted molar refractivity (Wildman–Crippen MR) is 40.9 cm³/mol. The number of dihydropyridines is 1. The molecule has 0 fully saturated rings. The molecule has 0 atom stereocenters. The Labute approximate surface area is 56.5 Å². The van der Waals surface area contributed by atoms with Crippen LogP contribution in [0, 0.1) is 5.92 Å². The molecule has 0 saturated carbocycles. The Bertz CT molecular complexity index is 143. The topological polar surface area (TPSA) is 12.4 Å². The Morgan fingerprint density at radius 1 is 1.56 bits per heavy atom. The Kier molecular flexibility index (Phi) is 2.04. The minimum absolute atomic E-state index is 0.647. The van der Waals surface area contributed by atoms with Crippen molar-refractivity contribution in [1.82, 2.24) is 0 Å². The van der Waals surface area contributed by atoms with E-state index in [4.69, 9.17) is 0 Å². The molecule has 0 aromatic heterocycles. The number of allylic oxidation sites excluding steroid dienone is 1. The van der Waals surface area contributed by atoms with Crippen molar-refractivity contribution in [3.63, 3.8) is 0 Å². The van der Waals surface area contributed by atoms with Gasteiger partial charge in [0.1, 0.15) is 0 Å². The van der Waals surface area contributed by atoms with Gasteiger partial charge >= 0.3 is 0 Å². The minimum atomic E-state index is 0.647. The summed E-state index contributed by atoms with van der Waals surface area (Å²) in [6.45, 7) is 5.38. The van der Waals surface area contributed by atoms with Crippen molar-refractivity contribution in [2.45, 2.75) is 20.3 Å². The zero-order valence-corrected chi connectivity index (χ0v) is 6.09. The Morgan fingerprint density at radius 3 is 2.67 bits per heavy atom. The molecule has 0 aromatic carbocycles. The fraction of sp³-hybridized carbons (Fsp3) is 0.625. The van der Waals surface area contributed by atoms with Gasteiger partial charge in [-0.25, -0.2) is 0 Å². The molecule has 1 heteroatoms. The van der Waals surface area contributed by atoms with Crippen LogP contribution < -0.4 is 0 Å². The van der Waals surface area contributed by atoms with Crippen LogP contribution in [0.25, 0.3) is 0 Å². The Morgan fingerprint density at radius 2 is 2.33 bits per heavy atom. The molecule has 0 aliphatic carbocycles. The van der Waals surface area contributed by atoms with Crippen molar-refractivity contribution >= 4 is 6.21 Å². The van der Waals surface area contributed by atoms with Gasteiger partial charge in [-0.3, -0.25) is 4.99 Å². The molecule has 9 heavy (non-hydrogen) atoms. The minimum Gasteiger partial charge on any atom is -0.293 e. The highest BCUT2D eigenvalue weighted by atomic mass is 14.7. The van der Waals surface area contributed by atoms with Gasteiger partial charge in [-0.15, -0.1) is 0 Å². The number of hydrogen-bond acceptors (Lipinski definition) is 1. The van der Waals surface area contributed by atoms with Crippen molar-refractivity contribution in [1.29, 1.82) is 0 Å². The van der Waals surface area contributed by atoms with E-state index in [2.05, 4.69) is 24.9 Å². The Hall–Kier alpha value is -0.590. The predicted octanol–water partition coefficient (Wildman–Crippen LogP) is 2.04. The van der Waals surface area contributed by atoms with Crippen molar-refractivity contribution < 1.29 is 0 Å². The second kappa shape index (κ2) is 2.81. The van der Waals surface area contributed by atoms with Crippen molar-refractivity contribution in [2.75, 3.05) is 6.54 Å². The zero-order valence-electron chi connectivity index (χ0n) is 6.09. The monoisotopic (exact) mass is 123 g/mol. The van der Waals surface area contributed by atoms with Gasteiger partial charge in [0.05, 0.1) is 0 Å². The summed E-state index contributed by atoms with van der Waals surface area (Å²) in [4.78, 5) is 4.19. The van der Waals surface area contributed by atoms with Crippen molar-refractivity contribution in [3.8, 4) is 0 Å². The summed E-state index contributed by atoms with van der Waals surface area (Å²) in [6.07, 6.45) is 5.40. The normalized spacial score (nSPS) is 18.3. The second-order valence-corrected chi connectivity index (χ2v) is 2.68. The third-order valence-corrected chi connectivity index (χ3v) is 1.55. The van der Waals surface area contributed by atoms with Gasteiger partial charge in [0.15, 0.2) is 0 Å². The first-order valence-electron chi connectivity index (χ1n) is 3.50. The van der Waals surface area contributed by atoms with Crippen LogP contribution in [-0.2, 0) is 0 Å². The lowest BCUT2D eigenvalue weighted by Gasteiger charge is -2.08. The fourth-order valence-corrected chi connectivity index (χ4v) is 0.913. The maximum Gasteiger partial charge on any atom is 0.0424 e. The van der Waals surface area contributed by atoms with Crippen LogP contribution >= 0.6 is 0 Å². The summed E-state index contributed by atoms with van der Waals surface area (Å²) < 4.78 is 0. The highest BCUT2D eigenvalue weighted by Crippen LogP contribution is 2.10. The van der Waals surface area contributed by atoms with Crippen LogP contribution in [0.3, 0.4) is 0 Å². The first kappa shape index (κ1) is 6.53. The third kappa shape index (κ3) is 1.67. The van der Waals surface area contributed by atoms with Gasteiger partial charge in [-0.05, 0) is 17.9 Å². The molecule has 0 aromatic rings. The standard InChI is InChI=1S/C8H13N/c1-7(2)8-4-3-5-9-6-8/h4,6-7H,3,5H2,1-2H3. The average Bonchev–Trinajstić information content (AvgIpc) is 1.90. The van der Waals surface area contributed by atoms with Gasteiger partial charge < -0.3 is 0 Å². The molecule has 0 spiro atoms. The molecule has 0 bridgehead atoms. The largest absolute Gasteiger partial charge is 0.293 e. The summed E-state index contributed by atoms with van der Waals surface area (Å²) in [7, 11) is 0. The molecule has 0 radical (unpaired) electrons. The van der Waals surface area contributed by atoms with E-state index in [9.17, 15) is 0 Å². The van der Waals surface area contributed by atoms with E-state index in [1.807, 2.05) is 6.21 Å². The SMILES string of the molecule is CC(C)C1=CCCN=C1. The second-order valence-electron chi connectivity index (χ2n) is 2.68. The molecule has 1 rings (SSSR count). The number of aliphatic imine (C=N–C) groups is 1. The fourth-order valence-electron chi connectivity index (χ4n) is 0.913. The van der Waals surface area contributed by atoms with Crippen LogP contribution in [0.4, 0.5) is 0 Å². The van der Waals surface area contributed by atoms with Gasteiger partial charge in [-0.1, -0.05) is 19.9 Å². The first-order valence-corrected chi connectivity index (χ1v) is 3.50. The number of hydrogen-bond donors (Lipinski definition) is 0. The van der Waals surface area contributed by atoms with Gasteiger partial charge in [-0.2, -0.15) is 0 Å². The van der Waals surface area contributed by atoms with Crippen LogP contribution in [0.15, 0.2) is 16.6 Å².